The Morgan fingerprint density at radius 1 is 1.11 bits per heavy atom. The molecule has 1 amide bonds. The van der Waals surface area contributed by atoms with Crippen LogP contribution in [0.4, 0.5) is 0 Å². The number of benzene rings is 1. The van der Waals surface area contributed by atoms with E-state index < -0.39 is 17.9 Å². The Bertz CT molecular complexity index is 898. The van der Waals surface area contributed by atoms with Crippen LogP contribution in [-0.4, -0.2) is 54.7 Å². The number of ether oxygens (including phenoxy) is 3. The number of hydrogen-bond acceptors (Lipinski definition) is 6. The maximum absolute atomic E-state index is 13.8. The van der Waals surface area contributed by atoms with Crippen LogP contribution in [0.25, 0.3) is 0 Å². The van der Waals surface area contributed by atoms with Crippen molar-refractivity contribution < 1.29 is 28.6 Å². The molecule has 1 heterocycles. The summed E-state index contributed by atoms with van der Waals surface area (Å²) in [5.41, 5.74) is 1.01. The third-order valence-electron chi connectivity index (χ3n) is 7.24. The second-order valence-corrected chi connectivity index (χ2v) is 11.0. The molecule has 1 saturated heterocycles. The van der Waals surface area contributed by atoms with Crippen LogP contribution in [0.15, 0.2) is 41.4 Å². The standard InChI is InChI=1S/C29H40BrNO6/c1-3-4-5-6-7-10-22(17-27(32)37-24-11-8-9-12-24)28(33)31-19-25(18-26(31)29(34)35-2)36-20-21-13-15-23(30)16-14-21/h3,13-16,22,24-26H,1,4-12,17-20H2,2H3/t22-,25+,26+/m1/s1. The molecule has 0 N–H and O–H groups in total. The van der Waals surface area contributed by atoms with Crippen molar-refractivity contribution in [3.63, 3.8) is 0 Å². The summed E-state index contributed by atoms with van der Waals surface area (Å²) in [5, 5.41) is 0. The van der Waals surface area contributed by atoms with Crippen molar-refractivity contribution in [3.05, 3.63) is 47.0 Å². The summed E-state index contributed by atoms with van der Waals surface area (Å²) in [7, 11) is 1.33. The predicted molar refractivity (Wildman–Crippen MR) is 145 cm³/mol. The zero-order valence-electron chi connectivity index (χ0n) is 21.9. The Balaban J connectivity index is 1.65. The van der Waals surface area contributed by atoms with Crippen LogP contribution in [0.1, 0.15) is 76.2 Å². The summed E-state index contributed by atoms with van der Waals surface area (Å²) in [5.74, 6) is -1.51. The lowest BCUT2D eigenvalue weighted by atomic mass is 9.95. The van der Waals surface area contributed by atoms with Crippen LogP contribution >= 0.6 is 15.9 Å². The molecule has 0 aromatic heterocycles. The second-order valence-electron chi connectivity index (χ2n) is 10.0. The van der Waals surface area contributed by atoms with Gasteiger partial charge in [0.1, 0.15) is 12.1 Å². The third-order valence-corrected chi connectivity index (χ3v) is 7.77. The Morgan fingerprint density at radius 2 is 1.84 bits per heavy atom. The monoisotopic (exact) mass is 577 g/mol. The van der Waals surface area contributed by atoms with Crippen molar-refractivity contribution in [2.45, 2.75) is 95.5 Å². The van der Waals surface area contributed by atoms with Gasteiger partial charge in [0.05, 0.1) is 26.2 Å². The summed E-state index contributed by atoms with van der Waals surface area (Å²) in [6, 6.07) is 7.12. The average molecular weight is 579 g/mol. The lowest BCUT2D eigenvalue weighted by molar-refractivity contribution is -0.156. The fraction of sp³-hybridized carbons (Fsp3) is 0.621. The molecule has 7 nitrogen and oxygen atoms in total. The molecule has 3 atom stereocenters. The number of carbonyl (C=O) groups is 3. The van der Waals surface area contributed by atoms with Gasteiger partial charge >= 0.3 is 11.9 Å². The van der Waals surface area contributed by atoms with Crippen LogP contribution in [0, 0.1) is 5.92 Å². The van der Waals surface area contributed by atoms with Crippen molar-refractivity contribution in [1.29, 1.82) is 0 Å². The van der Waals surface area contributed by atoms with E-state index >= 15 is 0 Å². The number of nitrogens with zero attached hydrogens (tertiary/aromatic N) is 1. The summed E-state index contributed by atoms with van der Waals surface area (Å²) in [4.78, 5) is 40.7. The van der Waals surface area contributed by atoms with Gasteiger partial charge in [-0.25, -0.2) is 4.79 Å². The van der Waals surface area contributed by atoms with E-state index in [-0.39, 0.29) is 30.5 Å². The highest BCUT2D eigenvalue weighted by Crippen LogP contribution is 2.29. The molecule has 0 bridgehead atoms. The minimum absolute atomic E-state index is 0.0333. The topological polar surface area (TPSA) is 82.1 Å². The molecule has 2 fully saturated rings. The van der Waals surface area contributed by atoms with E-state index in [0.29, 0.717) is 26.0 Å². The highest BCUT2D eigenvalue weighted by atomic mass is 79.9. The van der Waals surface area contributed by atoms with Crippen molar-refractivity contribution >= 4 is 33.8 Å². The van der Waals surface area contributed by atoms with Gasteiger partial charge in [0.25, 0.3) is 0 Å². The van der Waals surface area contributed by atoms with E-state index in [4.69, 9.17) is 14.2 Å². The number of hydrogen-bond donors (Lipinski definition) is 0. The summed E-state index contributed by atoms with van der Waals surface area (Å²) in [6.45, 7) is 4.44. The zero-order chi connectivity index (χ0) is 26.6. The third kappa shape index (κ3) is 9.25. The lowest BCUT2D eigenvalue weighted by Crippen LogP contribution is -2.44. The highest BCUT2D eigenvalue weighted by molar-refractivity contribution is 9.10. The Kier molecular flexibility index (Phi) is 12.1. The molecule has 1 aliphatic heterocycles. The number of likely N-dealkylation sites (tertiary alicyclic amines) is 1. The van der Waals surface area contributed by atoms with Crippen LogP contribution in [-0.2, 0) is 35.2 Å². The van der Waals surface area contributed by atoms with E-state index in [2.05, 4.69) is 22.5 Å². The van der Waals surface area contributed by atoms with E-state index in [9.17, 15) is 14.4 Å². The van der Waals surface area contributed by atoms with Gasteiger partial charge in [-0.3, -0.25) is 9.59 Å². The first kappa shape index (κ1) is 29.4. The maximum Gasteiger partial charge on any atom is 0.328 e. The number of carbonyl (C=O) groups excluding carboxylic acids is 3. The Hall–Kier alpha value is -2.19. The minimum atomic E-state index is -0.721. The fourth-order valence-electron chi connectivity index (χ4n) is 5.16. The number of methoxy groups -OCH3 is 1. The SMILES string of the molecule is C=CCCCCC[C@H](CC(=O)OC1CCCC1)C(=O)N1C[C@@H](OCc2ccc(Br)cc2)C[C@H]1C(=O)OC. The van der Waals surface area contributed by atoms with Crippen molar-refractivity contribution in [2.75, 3.05) is 13.7 Å². The molecule has 1 saturated carbocycles. The first-order chi connectivity index (χ1) is 17.9. The molecular weight excluding hydrogens is 538 g/mol. The number of esters is 2. The zero-order valence-corrected chi connectivity index (χ0v) is 23.5. The van der Waals surface area contributed by atoms with Gasteiger partial charge in [0.2, 0.25) is 5.91 Å². The molecular formula is C29H40BrNO6. The molecule has 1 aromatic carbocycles. The van der Waals surface area contributed by atoms with Gasteiger partial charge in [-0.15, -0.1) is 6.58 Å². The molecule has 1 aromatic rings. The first-order valence-corrected chi connectivity index (χ1v) is 14.2. The van der Waals surface area contributed by atoms with Crippen LogP contribution in [0.2, 0.25) is 0 Å². The smallest absolute Gasteiger partial charge is 0.328 e. The first-order valence-electron chi connectivity index (χ1n) is 13.5. The molecule has 2 aliphatic rings. The molecule has 0 spiro atoms. The second kappa shape index (κ2) is 15.3. The van der Waals surface area contributed by atoms with Gasteiger partial charge in [0, 0.05) is 23.4 Å². The van der Waals surface area contributed by atoms with Crippen molar-refractivity contribution in [2.24, 2.45) is 5.92 Å². The van der Waals surface area contributed by atoms with Crippen LogP contribution in [0.3, 0.4) is 0 Å². The normalized spacial score (nSPS) is 20.5. The number of amides is 1. The minimum Gasteiger partial charge on any atom is -0.467 e. The van der Waals surface area contributed by atoms with Gasteiger partial charge in [-0.1, -0.05) is 47.0 Å². The van der Waals surface area contributed by atoms with E-state index in [1.54, 1.807) is 4.90 Å². The molecule has 3 rings (SSSR count). The number of halogens is 1. The molecule has 8 heteroatoms. The molecule has 37 heavy (non-hydrogen) atoms. The van der Waals surface area contributed by atoms with Crippen LogP contribution in [0.5, 0.6) is 0 Å². The largest absolute Gasteiger partial charge is 0.467 e. The van der Waals surface area contributed by atoms with E-state index in [1.165, 1.54) is 7.11 Å². The maximum atomic E-state index is 13.8. The number of unbranched alkanes of at least 4 members (excludes halogenated alkanes) is 3. The quantitative estimate of drug-likeness (QED) is 0.159. The summed E-state index contributed by atoms with van der Waals surface area (Å²) < 4.78 is 17.8. The average Bonchev–Trinajstić information content (AvgIpc) is 3.57. The van der Waals surface area contributed by atoms with Crippen LogP contribution < -0.4 is 0 Å². The molecule has 0 unspecified atom stereocenters. The predicted octanol–water partition coefficient (Wildman–Crippen LogP) is 5.74. The lowest BCUT2D eigenvalue weighted by Gasteiger charge is -2.27. The summed E-state index contributed by atoms with van der Waals surface area (Å²) >= 11 is 3.43. The number of rotatable bonds is 14. The van der Waals surface area contributed by atoms with Gasteiger partial charge in [-0.2, -0.15) is 0 Å². The molecule has 0 radical (unpaired) electrons. The highest BCUT2D eigenvalue weighted by Gasteiger charge is 2.43. The van der Waals surface area contributed by atoms with E-state index in [1.807, 2.05) is 30.3 Å². The number of allylic oxidation sites excluding steroid dienone is 1. The Morgan fingerprint density at radius 3 is 2.51 bits per heavy atom. The van der Waals surface area contributed by atoms with Gasteiger partial charge < -0.3 is 19.1 Å². The van der Waals surface area contributed by atoms with Gasteiger partial charge in [0.15, 0.2) is 0 Å². The van der Waals surface area contributed by atoms with Gasteiger partial charge in [-0.05, 0) is 62.6 Å². The van der Waals surface area contributed by atoms with Crippen molar-refractivity contribution in [3.8, 4) is 0 Å². The molecule has 1 aliphatic carbocycles. The fourth-order valence-corrected chi connectivity index (χ4v) is 5.43. The molecule has 204 valence electrons. The van der Waals surface area contributed by atoms with E-state index in [0.717, 1.165) is 61.4 Å². The Labute approximate surface area is 229 Å². The summed E-state index contributed by atoms with van der Waals surface area (Å²) in [6.07, 6.45) is 10.1. The van der Waals surface area contributed by atoms with Crippen molar-refractivity contribution in [1.82, 2.24) is 4.90 Å².